The first-order valence-corrected chi connectivity index (χ1v) is 4.68. The number of nitrogens with one attached hydrogen (secondary N) is 1. The van der Waals surface area contributed by atoms with Crippen molar-refractivity contribution in [3.05, 3.63) is 35.3 Å². The van der Waals surface area contributed by atoms with E-state index < -0.39 is 35.1 Å². The van der Waals surface area contributed by atoms with Crippen molar-refractivity contribution in [3.8, 4) is 0 Å². The summed E-state index contributed by atoms with van der Waals surface area (Å²) in [7, 11) is 0. The van der Waals surface area contributed by atoms with Crippen LogP contribution in [-0.2, 0) is 0 Å². The lowest BCUT2D eigenvalue weighted by molar-refractivity contribution is 0.146. The van der Waals surface area contributed by atoms with E-state index in [0.717, 1.165) is 6.07 Å². The highest BCUT2D eigenvalue weighted by molar-refractivity contribution is 5.91. The second-order valence-electron chi connectivity index (χ2n) is 3.42. The molecular weight excluding hydrogens is 257 g/mol. The molecule has 0 saturated carbocycles. The van der Waals surface area contributed by atoms with Crippen LogP contribution >= 0.6 is 0 Å². The summed E-state index contributed by atoms with van der Waals surface area (Å²) in [4.78, 5) is 3.26. The summed E-state index contributed by atoms with van der Waals surface area (Å²) < 4.78 is 64.5. The fraction of sp³-hybridized carbons (Fsp3) is 0.100. The Morgan fingerprint density at radius 2 is 1.78 bits per heavy atom. The van der Waals surface area contributed by atoms with Gasteiger partial charge in [-0.05, 0) is 12.1 Å². The molecule has 0 fully saturated rings. The molecule has 0 aliphatic rings. The van der Waals surface area contributed by atoms with Gasteiger partial charge in [-0.1, -0.05) is 0 Å². The maximum absolute atomic E-state index is 13.4. The fourth-order valence-corrected chi connectivity index (χ4v) is 1.52. The van der Waals surface area contributed by atoms with Gasteiger partial charge < -0.3 is 5.43 Å². The summed E-state index contributed by atoms with van der Waals surface area (Å²) in [6, 6.07) is 1.47. The summed E-state index contributed by atoms with van der Waals surface area (Å²) in [6.45, 7) is 0. The molecule has 1 aromatic heterocycles. The molecule has 1 aromatic carbocycles. The van der Waals surface area contributed by atoms with Gasteiger partial charge >= 0.3 is 0 Å². The van der Waals surface area contributed by atoms with Crippen molar-refractivity contribution < 1.29 is 22.0 Å². The molecule has 3 N–H and O–H groups in total. The molecule has 2 aromatic rings. The van der Waals surface area contributed by atoms with E-state index in [9.17, 15) is 22.0 Å². The molecule has 0 aliphatic carbocycles. The average molecular weight is 263 g/mol. The molecule has 3 nitrogen and oxygen atoms in total. The minimum absolute atomic E-state index is 0.173. The Bertz CT molecular complexity index is 614. The summed E-state index contributed by atoms with van der Waals surface area (Å²) >= 11 is 0. The van der Waals surface area contributed by atoms with Gasteiger partial charge in [-0.15, -0.1) is 0 Å². The number of hydrogen-bond acceptors (Lipinski definition) is 3. The van der Waals surface area contributed by atoms with E-state index in [4.69, 9.17) is 5.84 Å². The molecule has 0 amide bonds. The van der Waals surface area contributed by atoms with Crippen LogP contribution in [0, 0.1) is 17.5 Å². The van der Waals surface area contributed by atoms with E-state index in [2.05, 4.69) is 4.98 Å². The quantitative estimate of drug-likeness (QED) is 0.379. The van der Waals surface area contributed by atoms with Gasteiger partial charge in [0, 0.05) is 5.39 Å². The smallest absolute Gasteiger partial charge is 0.280 e. The summed E-state index contributed by atoms with van der Waals surface area (Å²) in [5, 5.41) is -0.224. The van der Waals surface area contributed by atoms with Gasteiger partial charge in [0.1, 0.15) is 11.2 Å². The molecule has 0 bridgehead atoms. The molecule has 0 aliphatic heterocycles. The SMILES string of the molecule is NNc1cc(C(F)F)nc2c(F)c(F)c(F)cc12. The van der Waals surface area contributed by atoms with E-state index in [-0.39, 0.29) is 11.1 Å². The lowest BCUT2D eigenvalue weighted by Crippen LogP contribution is -2.09. The molecule has 0 spiro atoms. The first-order chi connectivity index (χ1) is 8.45. The lowest BCUT2D eigenvalue weighted by Gasteiger charge is -2.09. The van der Waals surface area contributed by atoms with Crippen molar-refractivity contribution in [1.82, 2.24) is 4.98 Å². The van der Waals surface area contributed by atoms with Gasteiger partial charge in [-0.3, -0.25) is 5.84 Å². The van der Waals surface area contributed by atoms with Crippen LogP contribution in [0.5, 0.6) is 0 Å². The van der Waals surface area contributed by atoms with E-state index in [1.807, 2.05) is 5.43 Å². The van der Waals surface area contributed by atoms with Crippen LogP contribution in [0.2, 0.25) is 0 Å². The zero-order valence-electron chi connectivity index (χ0n) is 8.65. The number of halogens is 5. The van der Waals surface area contributed by atoms with Crippen LogP contribution in [0.4, 0.5) is 27.6 Å². The van der Waals surface area contributed by atoms with Crippen LogP contribution in [0.15, 0.2) is 12.1 Å². The summed E-state index contributed by atoms with van der Waals surface area (Å²) in [6.07, 6.45) is -2.99. The van der Waals surface area contributed by atoms with Gasteiger partial charge in [0.25, 0.3) is 6.43 Å². The standard InChI is InChI=1S/C10H6F5N3/c11-4-1-3-5(18-16)2-6(10(14)15)17-9(3)8(13)7(4)12/h1-2,10H,16H2,(H,17,18). The topological polar surface area (TPSA) is 50.9 Å². The summed E-state index contributed by atoms with van der Waals surface area (Å²) in [5.74, 6) is 0.197. The Labute approximate surface area is 97.4 Å². The van der Waals surface area contributed by atoms with Crippen LogP contribution in [0.1, 0.15) is 12.1 Å². The highest BCUT2D eigenvalue weighted by Gasteiger charge is 2.20. The van der Waals surface area contributed by atoms with Crippen molar-refractivity contribution in [2.24, 2.45) is 5.84 Å². The number of rotatable bonds is 2. The van der Waals surface area contributed by atoms with Gasteiger partial charge in [0.2, 0.25) is 0 Å². The number of hydrogen-bond donors (Lipinski definition) is 2. The van der Waals surface area contributed by atoms with Crippen LogP contribution in [0.25, 0.3) is 10.9 Å². The van der Waals surface area contributed by atoms with Crippen molar-refractivity contribution in [2.75, 3.05) is 5.43 Å². The number of nitrogens with two attached hydrogens (primary N) is 1. The van der Waals surface area contributed by atoms with Crippen LogP contribution in [0.3, 0.4) is 0 Å². The molecule has 0 saturated heterocycles. The number of alkyl halides is 2. The second kappa shape index (κ2) is 4.37. The predicted molar refractivity (Wildman–Crippen MR) is 54.4 cm³/mol. The van der Waals surface area contributed by atoms with E-state index in [1.165, 1.54) is 0 Å². The Hall–Kier alpha value is -1.96. The Balaban J connectivity index is 2.88. The largest absolute Gasteiger partial charge is 0.323 e. The van der Waals surface area contributed by atoms with Crippen LogP contribution in [-0.4, -0.2) is 4.98 Å². The highest BCUT2D eigenvalue weighted by atomic mass is 19.3. The number of nitrogen functional groups attached to an aromatic ring is 1. The molecular formula is C10H6F5N3. The van der Waals surface area contributed by atoms with Gasteiger partial charge in [0.15, 0.2) is 17.5 Å². The zero-order chi connectivity index (χ0) is 13.4. The normalized spacial score (nSPS) is 11.3. The second-order valence-corrected chi connectivity index (χ2v) is 3.42. The first kappa shape index (κ1) is 12.5. The predicted octanol–water partition coefficient (Wildman–Crippen LogP) is 2.88. The van der Waals surface area contributed by atoms with Gasteiger partial charge in [0.05, 0.1) is 5.69 Å². The number of nitrogens with zero attached hydrogens (tertiary/aromatic N) is 1. The third-order valence-electron chi connectivity index (χ3n) is 2.34. The molecule has 2 rings (SSSR count). The number of fused-ring (bicyclic) bond motifs is 1. The maximum Gasteiger partial charge on any atom is 0.280 e. The van der Waals surface area contributed by atoms with E-state index in [1.54, 1.807) is 0 Å². The molecule has 1 heterocycles. The lowest BCUT2D eigenvalue weighted by atomic mass is 10.1. The minimum Gasteiger partial charge on any atom is -0.323 e. The van der Waals surface area contributed by atoms with Crippen LogP contribution < -0.4 is 11.3 Å². The van der Waals surface area contributed by atoms with Gasteiger partial charge in [-0.2, -0.15) is 0 Å². The first-order valence-electron chi connectivity index (χ1n) is 4.68. The Kier molecular flexibility index (Phi) is 3.04. The molecule has 0 radical (unpaired) electrons. The number of hydrazine groups is 1. The molecule has 8 heteroatoms. The third kappa shape index (κ3) is 1.84. The average Bonchev–Trinajstić information content (AvgIpc) is 2.35. The summed E-state index contributed by atoms with van der Waals surface area (Å²) in [5.41, 5.74) is 0.337. The zero-order valence-corrected chi connectivity index (χ0v) is 8.65. The molecule has 0 unspecified atom stereocenters. The van der Waals surface area contributed by atoms with Crippen molar-refractivity contribution in [1.29, 1.82) is 0 Å². The third-order valence-corrected chi connectivity index (χ3v) is 2.34. The minimum atomic E-state index is -2.99. The Morgan fingerprint density at radius 3 is 2.33 bits per heavy atom. The highest BCUT2D eigenvalue weighted by Crippen LogP contribution is 2.30. The number of anilines is 1. The molecule has 0 atom stereocenters. The molecule has 18 heavy (non-hydrogen) atoms. The Morgan fingerprint density at radius 1 is 1.11 bits per heavy atom. The van der Waals surface area contributed by atoms with Crippen molar-refractivity contribution in [3.63, 3.8) is 0 Å². The number of pyridine rings is 1. The van der Waals surface area contributed by atoms with Crippen molar-refractivity contribution >= 4 is 16.6 Å². The number of aromatic nitrogens is 1. The molecule has 96 valence electrons. The van der Waals surface area contributed by atoms with Gasteiger partial charge in [-0.25, -0.2) is 26.9 Å². The van der Waals surface area contributed by atoms with Crippen molar-refractivity contribution in [2.45, 2.75) is 6.43 Å². The fourth-order valence-electron chi connectivity index (χ4n) is 1.52. The maximum atomic E-state index is 13.4. The van der Waals surface area contributed by atoms with E-state index >= 15 is 0 Å². The van der Waals surface area contributed by atoms with E-state index in [0.29, 0.717) is 6.07 Å². The monoisotopic (exact) mass is 263 g/mol. The number of benzene rings is 1.